The number of nitrogens with zero attached hydrogens (tertiary/aromatic N) is 3. The fraction of sp³-hybridized carbons (Fsp3) is 0.500. The van der Waals surface area contributed by atoms with Crippen LogP contribution in [0.25, 0.3) is 10.9 Å². The number of H-pyrrole nitrogens is 1. The second kappa shape index (κ2) is 10.3. The Morgan fingerprint density at radius 2 is 1.64 bits per heavy atom. The number of carbonyl (C=O) groups is 2. The number of para-hydroxylation sites is 1. The first-order valence-corrected chi connectivity index (χ1v) is 15.1. The van der Waals surface area contributed by atoms with Gasteiger partial charge in [0, 0.05) is 53.7 Å². The SMILES string of the molecule is O=C1[C@H]2Cc3c([nH]c4ccccc34)[C@@H](c3ccc(Cl)cc3)N2C(=O)CN1C1CCN(CC2CCCCC2)CC1. The summed E-state index contributed by atoms with van der Waals surface area (Å²) in [6.07, 6.45) is 9.32. The maximum absolute atomic E-state index is 14.2. The van der Waals surface area contributed by atoms with Crippen LogP contribution < -0.4 is 0 Å². The molecule has 1 aliphatic carbocycles. The van der Waals surface area contributed by atoms with Crippen LogP contribution in [0.2, 0.25) is 5.02 Å². The van der Waals surface area contributed by atoms with Gasteiger partial charge in [-0.3, -0.25) is 9.59 Å². The lowest BCUT2D eigenvalue weighted by atomic mass is 9.85. The third-order valence-corrected chi connectivity index (χ3v) is 9.97. The highest BCUT2D eigenvalue weighted by molar-refractivity contribution is 6.30. The quantitative estimate of drug-likeness (QED) is 0.468. The number of aromatic amines is 1. The Morgan fingerprint density at radius 1 is 0.897 bits per heavy atom. The molecule has 0 bridgehead atoms. The van der Waals surface area contributed by atoms with Crippen LogP contribution in [-0.4, -0.2) is 69.8 Å². The fourth-order valence-electron chi connectivity index (χ4n) is 7.74. The van der Waals surface area contributed by atoms with Crippen molar-refractivity contribution in [3.8, 4) is 0 Å². The maximum atomic E-state index is 14.2. The van der Waals surface area contributed by atoms with Crippen LogP contribution in [0.3, 0.4) is 0 Å². The predicted octanol–water partition coefficient (Wildman–Crippen LogP) is 5.55. The van der Waals surface area contributed by atoms with Gasteiger partial charge in [-0.05, 0) is 60.9 Å². The standard InChI is InChI=1S/C32H37ClN4O2/c33-23-12-10-22(11-13-23)31-30-26(25-8-4-5-9-27(25)34-30)18-28-32(39)36(20-29(38)37(28)31)24-14-16-35(17-15-24)19-21-6-2-1-3-7-21/h4-5,8-13,21,24,28,31,34H,1-3,6-7,14-20H2/t28-,31-/m1/s1. The van der Waals surface area contributed by atoms with Gasteiger partial charge in [-0.2, -0.15) is 0 Å². The minimum absolute atomic E-state index is 0.0356. The van der Waals surface area contributed by atoms with Crippen molar-refractivity contribution in [2.24, 2.45) is 5.92 Å². The number of piperidine rings is 1. The smallest absolute Gasteiger partial charge is 0.246 e. The number of amides is 2. The van der Waals surface area contributed by atoms with E-state index >= 15 is 0 Å². The molecule has 4 aliphatic rings. The minimum atomic E-state index is -0.487. The van der Waals surface area contributed by atoms with Crippen LogP contribution in [0.5, 0.6) is 0 Å². The minimum Gasteiger partial charge on any atom is -0.356 e. The number of halogens is 1. The summed E-state index contributed by atoms with van der Waals surface area (Å²) in [6, 6.07) is 15.3. The Bertz CT molecular complexity index is 1370. The summed E-state index contributed by atoms with van der Waals surface area (Å²) in [4.78, 5) is 38.1. The summed E-state index contributed by atoms with van der Waals surface area (Å²) in [6.45, 7) is 3.41. The van der Waals surface area contributed by atoms with Crippen molar-refractivity contribution in [3.63, 3.8) is 0 Å². The lowest BCUT2D eigenvalue weighted by Gasteiger charge is -2.50. The Balaban J connectivity index is 1.16. The van der Waals surface area contributed by atoms with E-state index in [1.807, 2.05) is 46.2 Å². The molecule has 3 aliphatic heterocycles. The lowest BCUT2D eigenvalue weighted by Crippen LogP contribution is -2.65. The van der Waals surface area contributed by atoms with Gasteiger partial charge in [-0.15, -0.1) is 0 Å². The highest BCUT2D eigenvalue weighted by atomic mass is 35.5. The molecular formula is C32H37ClN4O2. The van der Waals surface area contributed by atoms with E-state index in [1.165, 1.54) is 38.6 Å². The van der Waals surface area contributed by atoms with Gasteiger partial charge >= 0.3 is 0 Å². The van der Waals surface area contributed by atoms with Gasteiger partial charge in [0.25, 0.3) is 0 Å². The number of aromatic nitrogens is 1. The van der Waals surface area contributed by atoms with Crippen LogP contribution >= 0.6 is 11.6 Å². The number of carbonyl (C=O) groups excluding carboxylic acids is 2. The van der Waals surface area contributed by atoms with Crippen molar-refractivity contribution < 1.29 is 9.59 Å². The van der Waals surface area contributed by atoms with Crippen LogP contribution in [0.4, 0.5) is 0 Å². The zero-order chi connectivity index (χ0) is 26.5. The Labute approximate surface area is 235 Å². The van der Waals surface area contributed by atoms with E-state index < -0.39 is 6.04 Å². The predicted molar refractivity (Wildman–Crippen MR) is 154 cm³/mol. The first-order valence-electron chi connectivity index (χ1n) is 14.8. The van der Waals surface area contributed by atoms with Gasteiger partial charge in [-0.1, -0.05) is 61.2 Å². The molecule has 7 heteroatoms. The number of nitrogens with one attached hydrogen (secondary N) is 1. The van der Waals surface area contributed by atoms with E-state index in [0.29, 0.717) is 11.4 Å². The average Bonchev–Trinajstić information content (AvgIpc) is 3.34. The molecular weight excluding hydrogens is 508 g/mol. The first-order chi connectivity index (χ1) is 19.1. The molecule has 3 aromatic rings. The van der Waals surface area contributed by atoms with Crippen LogP contribution in [0.15, 0.2) is 48.5 Å². The van der Waals surface area contributed by atoms with Gasteiger partial charge in [0.05, 0.1) is 6.04 Å². The van der Waals surface area contributed by atoms with Crippen molar-refractivity contribution in [2.45, 2.75) is 69.5 Å². The van der Waals surface area contributed by atoms with E-state index in [2.05, 4.69) is 22.0 Å². The normalized spacial score (nSPS) is 25.3. The van der Waals surface area contributed by atoms with Gasteiger partial charge in [0.15, 0.2) is 0 Å². The summed E-state index contributed by atoms with van der Waals surface area (Å²) in [7, 11) is 0. The molecule has 6 nitrogen and oxygen atoms in total. The highest BCUT2D eigenvalue weighted by Gasteiger charge is 2.49. The number of fused-ring (bicyclic) bond motifs is 4. The summed E-state index contributed by atoms with van der Waals surface area (Å²) in [5.41, 5.74) is 4.18. The Kier molecular flexibility index (Phi) is 6.64. The largest absolute Gasteiger partial charge is 0.356 e. The van der Waals surface area contributed by atoms with Crippen LogP contribution in [-0.2, 0) is 16.0 Å². The Morgan fingerprint density at radius 3 is 2.41 bits per heavy atom. The number of piperazine rings is 1. The monoisotopic (exact) mass is 544 g/mol. The maximum Gasteiger partial charge on any atom is 0.246 e. The van der Waals surface area contributed by atoms with Gasteiger partial charge in [0.1, 0.15) is 12.6 Å². The van der Waals surface area contributed by atoms with Crippen molar-refractivity contribution in [1.82, 2.24) is 19.7 Å². The van der Waals surface area contributed by atoms with Crippen LogP contribution in [0.1, 0.15) is 67.8 Å². The third kappa shape index (κ3) is 4.55. The number of benzene rings is 2. The molecule has 1 saturated carbocycles. The summed E-state index contributed by atoms with van der Waals surface area (Å²) < 4.78 is 0. The summed E-state index contributed by atoms with van der Waals surface area (Å²) in [5, 5.41) is 1.80. The molecule has 1 N–H and O–H groups in total. The highest BCUT2D eigenvalue weighted by Crippen LogP contribution is 2.43. The van der Waals surface area contributed by atoms with Crippen LogP contribution in [0, 0.1) is 5.92 Å². The average molecular weight is 545 g/mol. The second-order valence-electron chi connectivity index (χ2n) is 12.0. The van der Waals surface area contributed by atoms with Gasteiger partial charge in [-0.25, -0.2) is 0 Å². The van der Waals surface area contributed by atoms with E-state index in [9.17, 15) is 9.59 Å². The molecule has 0 spiro atoms. The molecule has 1 aromatic heterocycles. The summed E-state index contributed by atoms with van der Waals surface area (Å²) >= 11 is 6.22. The molecule has 2 amide bonds. The van der Waals surface area contributed by atoms with Crippen molar-refractivity contribution in [3.05, 3.63) is 70.4 Å². The van der Waals surface area contributed by atoms with Gasteiger partial charge in [0.2, 0.25) is 11.8 Å². The molecule has 3 fully saturated rings. The van der Waals surface area contributed by atoms with E-state index in [4.69, 9.17) is 11.6 Å². The molecule has 39 heavy (non-hydrogen) atoms. The van der Waals surface area contributed by atoms with E-state index in [1.54, 1.807) is 0 Å². The second-order valence-corrected chi connectivity index (χ2v) is 12.5. The topological polar surface area (TPSA) is 59.7 Å². The van der Waals surface area contributed by atoms with E-state index in [0.717, 1.165) is 59.6 Å². The Hall–Kier alpha value is -2.83. The van der Waals surface area contributed by atoms with E-state index in [-0.39, 0.29) is 30.4 Å². The summed E-state index contributed by atoms with van der Waals surface area (Å²) in [5.74, 6) is 0.975. The molecule has 7 rings (SSSR count). The number of likely N-dealkylation sites (tertiary alicyclic amines) is 1. The zero-order valence-corrected chi connectivity index (χ0v) is 23.2. The fourth-order valence-corrected chi connectivity index (χ4v) is 7.86. The molecule has 0 radical (unpaired) electrons. The molecule has 0 unspecified atom stereocenters. The number of hydrogen-bond donors (Lipinski definition) is 1. The lowest BCUT2D eigenvalue weighted by molar-refractivity contribution is -0.161. The molecule has 2 atom stereocenters. The molecule has 4 heterocycles. The molecule has 204 valence electrons. The number of hydrogen-bond acceptors (Lipinski definition) is 3. The van der Waals surface area contributed by atoms with Gasteiger partial charge < -0.3 is 19.7 Å². The first kappa shape index (κ1) is 25.2. The van der Waals surface area contributed by atoms with Crippen molar-refractivity contribution >= 4 is 34.3 Å². The number of rotatable bonds is 4. The van der Waals surface area contributed by atoms with Crippen molar-refractivity contribution in [1.29, 1.82) is 0 Å². The van der Waals surface area contributed by atoms with Crippen molar-refractivity contribution in [2.75, 3.05) is 26.2 Å². The molecule has 2 aromatic carbocycles. The third-order valence-electron chi connectivity index (χ3n) is 9.72. The molecule has 2 saturated heterocycles. The zero-order valence-electron chi connectivity index (χ0n) is 22.4.